The lowest BCUT2D eigenvalue weighted by molar-refractivity contribution is -0.113. The fourth-order valence-electron chi connectivity index (χ4n) is 1.26. The number of hydrogen-bond acceptors (Lipinski definition) is 3. The maximum atomic E-state index is 11.8. The molecule has 1 N–H and O–H groups in total. The molecule has 0 rings (SSSR count). The third-order valence-electron chi connectivity index (χ3n) is 1.72. The first kappa shape index (κ1) is 14.2. The van der Waals surface area contributed by atoms with Crippen LogP contribution in [-0.2, 0) is 4.79 Å². The van der Waals surface area contributed by atoms with Crippen LogP contribution in [0.15, 0.2) is 0 Å². The zero-order valence-corrected chi connectivity index (χ0v) is 10.5. The van der Waals surface area contributed by atoms with E-state index in [1.165, 1.54) is 6.56 Å². The maximum Gasteiger partial charge on any atom is 0.217 e. The van der Waals surface area contributed by atoms with Gasteiger partial charge in [0.2, 0.25) is 13.3 Å². The minimum absolute atomic E-state index is 0.0533. The second-order valence-electron chi connectivity index (χ2n) is 4.89. The molecule has 0 heterocycles. The summed E-state index contributed by atoms with van der Waals surface area (Å²) in [6, 6.07) is 0. The van der Waals surface area contributed by atoms with E-state index in [4.69, 9.17) is 7.85 Å². The van der Waals surface area contributed by atoms with Gasteiger partial charge in [0.25, 0.3) is 0 Å². The minimum Gasteiger partial charge on any atom is -0.315 e. The van der Waals surface area contributed by atoms with Crippen molar-refractivity contribution in [3.8, 4) is 0 Å². The standard InChI is InChI=1S/C8H17B3NOS/c1-7(2,3)12-8(9,10-14)6(13)11(4)5/h12,14H,1-5H3. The smallest absolute Gasteiger partial charge is 0.217 e. The monoisotopic (exact) mass is 208 g/mol. The number of rotatable bonds is 4. The van der Waals surface area contributed by atoms with Crippen molar-refractivity contribution in [2.75, 3.05) is 0 Å². The van der Waals surface area contributed by atoms with E-state index in [2.05, 4.69) is 17.8 Å². The summed E-state index contributed by atoms with van der Waals surface area (Å²) in [6.45, 7) is 10.8. The summed E-state index contributed by atoms with van der Waals surface area (Å²) in [5, 5.41) is 1.92. The van der Waals surface area contributed by atoms with Crippen LogP contribution in [0.2, 0.25) is 13.6 Å². The van der Waals surface area contributed by atoms with Gasteiger partial charge in [0.05, 0.1) is 13.5 Å². The predicted molar refractivity (Wildman–Crippen MR) is 68.6 cm³/mol. The Bertz CT molecular complexity index is 217. The lowest BCUT2D eigenvalue weighted by atomic mass is 9.39. The molecule has 14 heavy (non-hydrogen) atoms. The lowest BCUT2D eigenvalue weighted by Crippen LogP contribution is -2.64. The van der Waals surface area contributed by atoms with Gasteiger partial charge in [0.15, 0.2) is 0 Å². The van der Waals surface area contributed by atoms with Crippen LogP contribution in [0, 0.1) is 0 Å². The van der Waals surface area contributed by atoms with Crippen LogP contribution < -0.4 is 5.32 Å². The molecule has 0 spiro atoms. The van der Waals surface area contributed by atoms with Gasteiger partial charge in [-0.3, -0.25) is 0 Å². The highest BCUT2D eigenvalue weighted by Crippen LogP contribution is 2.11. The van der Waals surface area contributed by atoms with E-state index in [9.17, 15) is 4.79 Å². The van der Waals surface area contributed by atoms with Crippen molar-refractivity contribution in [2.45, 2.75) is 45.3 Å². The molecule has 3 radical (unpaired) electrons. The zero-order valence-electron chi connectivity index (χ0n) is 9.59. The van der Waals surface area contributed by atoms with E-state index in [0.29, 0.717) is 0 Å². The summed E-state index contributed by atoms with van der Waals surface area (Å²) in [5.41, 5.74) is -0.277. The van der Waals surface area contributed by atoms with Crippen molar-refractivity contribution < 1.29 is 4.79 Å². The van der Waals surface area contributed by atoms with Crippen LogP contribution >= 0.6 is 12.5 Å². The molecule has 0 saturated carbocycles. The highest BCUT2D eigenvalue weighted by atomic mass is 32.1. The van der Waals surface area contributed by atoms with Crippen LogP contribution in [0.3, 0.4) is 0 Å². The molecule has 1 atom stereocenters. The van der Waals surface area contributed by atoms with Gasteiger partial charge in [-0.25, -0.2) is 12.5 Å². The molecular formula is C8H17B3NOS. The number of carbonyl (C=O) groups excluding carboxylic acids is 1. The highest BCUT2D eigenvalue weighted by molar-refractivity contribution is 8.07. The predicted octanol–water partition coefficient (Wildman–Crippen LogP) is 0.608. The van der Waals surface area contributed by atoms with Crippen LogP contribution in [0.5, 0.6) is 0 Å². The van der Waals surface area contributed by atoms with Crippen molar-refractivity contribution >= 4 is 39.3 Å². The average molecular weight is 208 g/mol. The summed E-state index contributed by atoms with van der Waals surface area (Å²) in [7, 11) is 5.94. The van der Waals surface area contributed by atoms with Crippen LogP contribution in [0.25, 0.3) is 0 Å². The molecular weight excluding hydrogens is 191 g/mol. The van der Waals surface area contributed by atoms with Gasteiger partial charge in [-0.05, 0) is 20.8 Å². The van der Waals surface area contributed by atoms with E-state index >= 15 is 0 Å². The van der Waals surface area contributed by atoms with Crippen LogP contribution in [0.1, 0.15) is 20.8 Å². The van der Waals surface area contributed by atoms with Crippen molar-refractivity contribution in [3.63, 3.8) is 0 Å². The van der Waals surface area contributed by atoms with E-state index in [1.807, 2.05) is 34.4 Å². The number of hydrogen-bond donors (Lipinski definition) is 2. The van der Waals surface area contributed by atoms with Crippen LogP contribution in [0.4, 0.5) is 0 Å². The van der Waals surface area contributed by atoms with Crippen molar-refractivity contribution in [2.24, 2.45) is 0 Å². The highest BCUT2D eigenvalue weighted by Gasteiger charge is 2.36. The van der Waals surface area contributed by atoms with Gasteiger partial charge in [-0.1, -0.05) is 13.6 Å². The summed E-state index contributed by atoms with van der Waals surface area (Å²) in [6.07, 6.45) is 0. The van der Waals surface area contributed by atoms with E-state index in [1.54, 1.807) is 0 Å². The molecule has 6 heteroatoms. The molecule has 0 fully saturated rings. The van der Waals surface area contributed by atoms with Gasteiger partial charge in [0.1, 0.15) is 0 Å². The molecule has 0 aromatic carbocycles. The van der Waals surface area contributed by atoms with Gasteiger partial charge in [0, 0.05) is 10.9 Å². The van der Waals surface area contributed by atoms with E-state index in [0.717, 1.165) is 0 Å². The maximum absolute atomic E-state index is 11.8. The third-order valence-corrected chi connectivity index (χ3v) is 2.12. The molecule has 0 aromatic heterocycles. The van der Waals surface area contributed by atoms with Crippen molar-refractivity contribution in [1.29, 1.82) is 0 Å². The SMILES string of the molecule is [B]C([B]S)(NC(C)(C)C)C(=O)B(C)C. The summed E-state index contributed by atoms with van der Waals surface area (Å²) in [5.74, 6) is 0. The quantitative estimate of drug-likeness (QED) is 0.523. The Morgan fingerprint density at radius 1 is 1.43 bits per heavy atom. The topological polar surface area (TPSA) is 29.1 Å². The fraction of sp³-hybridized carbons (Fsp3) is 0.875. The Hall–Kier alpha value is 0.175. The van der Waals surface area contributed by atoms with Crippen molar-refractivity contribution in [1.82, 2.24) is 5.32 Å². The Kier molecular flexibility index (Phi) is 4.86. The van der Waals surface area contributed by atoms with Gasteiger partial charge < -0.3 is 10.1 Å². The van der Waals surface area contributed by atoms with Gasteiger partial charge in [-0.2, -0.15) is 0 Å². The first-order valence-electron chi connectivity index (χ1n) is 4.73. The molecule has 0 aliphatic carbocycles. The fourth-order valence-corrected chi connectivity index (χ4v) is 1.45. The molecule has 0 saturated heterocycles. The Morgan fingerprint density at radius 3 is 2.07 bits per heavy atom. The summed E-state index contributed by atoms with van der Waals surface area (Å²) >= 11 is 4.01. The molecule has 0 aliphatic heterocycles. The molecule has 0 aromatic rings. The lowest BCUT2D eigenvalue weighted by Gasteiger charge is -2.37. The first-order chi connectivity index (χ1) is 6.12. The Balaban J connectivity index is 4.72. The van der Waals surface area contributed by atoms with Crippen molar-refractivity contribution in [3.05, 3.63) is 0 Å². The van der Waals surface area contributed by atoms with Gasteiger partial charge in [-0.15, -0.1) is 0 Å². The second-order valence-corrected chi connectivity index (χ2v) is 5.15. The summed E-state index contributed by atoms with van der Waals surface area (Å²) < 4.78 is 0. The van der Waals surface area contributed by atoms with E-state index < -0.39 is 5.34 Å². The largest absolute Gasteiger partial charge is 0.315 e. The zero-order chi connectivity index (χ0) is 11.6. The normalized spacial score (nSPS) is 15.9. The molecule has 0 aliphatic rings. The molecule has 2 nitrogen and oxygen atoms in total. The first-order valence-corrected chi connectivity index (χ1v) is 5.25. The van der Waals surface area contributed by atoms with Crippen LogP contribution in [-0.4, -0.2) is 37.7 Å². The molecule has 75 valence electrons. The van der Waals surface area contributed by atoms with E-state index in [-0.39, 0.29) is 17.9 Å². The third kappa shape index (κ3) is 4.14. The Morgan fingerprint density at radius 2 is 1.86 bits per heavy atom. The number of nitrogens with one attached hydrogen (secondary N) is 1. The number of thiol groups is 1. The summed E-state index contributed by atoms with van der Waals surface area (Å²) in [4.78, 5) is 11.8. The van der Waals surface area contributed by atoms with Gasteiger partial charge >= 0.3 is 0 Å². The minimum atomic E-state index is -1.14. The average Bonchev–Trinajstić information content (AvgIpc) is 1.99. The molecule has 0 bridgehead atoms. The Labute approximate surface area is 95.0 Å². The second kappa shape index (κ2) is 4.80. The molecule has 1 unspecified atom stereocenters. The molecule has 0 amide bonds. The number of carbonyl (C=O) groups is 1.